The number of hydrogen-bond donors (Lipinski definition) is 0. The van der Waals surface area contributed by atoms with Crippen LogP contribution in [0.4, 0.5) is 0 Å². The molecular weight excluding hydrogens is 316 g/mol. The fourth-order valence-electron chi connectivity index (χ4n) is 2.61. The van der Waals surface area contributed by atoms with Gasteiger partial charge in [-0.2, -0.15) is 0 Å². The summed E-state index contributed by atoms with van der Waals surface area (Å²) in [5, 5.41) is 0. The van der Waals surface area contributed by atoms with Crippen LogP contribution in [-0.4, -0.2) is 54.8 Å². The van der Waals surface area contributed by atoms with Gasteiger partial charge >= 0.3 is 0 Å². The van der Waals surface area contributed by atoms with Crippen molar-refractivity contribution in [3.8, 4) is 0 Å². The molecule has 6 nitrogen and oxygen atoms in total. The van der Waals surface area contributed by atoms with Gasteiger partial charge in [-0.15, -0.1) is 0 Å². The molecule has 0 unspecified atom stereocenters. The lowest BCUT2D eigenvalue weighted by Gasteiger charge is -2.22. The maximum Gasteiger partial charge on any atom is 0.261 e. The molecule has 126 valence electrons. The molecule has 2 amide bonds. The first-order valence-electron chi connectivity index (χ1n) is 7.85. The summed E-state index contributed by atoms with van der Waals surface area (Å²) < 4.78 is 26.2. The molecule has 1 heterocycles. The number of unbranched alkanes of at least 4 members (excludes halogenated alkanes) is 1. The molecule has 1 aliphatic heterocycles. The summed E-state index contributed by atoms with van der Waals surface area (Å²) in [7, 11) is -3.48. The quantitative estimate of drug-likeness (QED) is 0.677. The highest BCUT2D eigenvalue weighted by Crippen LogP contribution is 2.22. The lowest BCUT2D eigenvalue weighted by molar-refractivity contribution is 0.0664. The second-order valence-corrected chi connectivity index (χ2v) is 7.56. The third-order valence-electron chi connectivity index (χ3n) is 3.96. The Labute approximate surface area is 137 Å². The fraction of sp³-hybridized carbons (Fsp3) is 0.500. The van der Waals surface area contributed by atoms with Gasteiger partial charge in [0.05, 0.1) is 16.9 Å². The fourth-order valence-corrected chi connectivity index (χ4v) is 4.08. The molecule has 0 spiro atoms. The van der Waals surface area contributed by atoms with Gasteiger partial charge in [0, 0.05) is 19.6 Å². The Bertz CT molecular complexity index is 665. The van der Waals surface area contributed by atoms with Crippen LogP contribution in [-0.2, 0) is 10.0 Å². The van der Waals surface area contributed by atoms with E-state index in [2.05, 4.69) is 0 Å². The van der Waals surface area contributed by atoms with Gasteiger partial charge in [0.25, 0.3) is 11.8 Å². The van der Waals surface area contributed by atoms with Crippen LogP contribution >= 0.6 is 0 Å². The number of rotatable bonds is 8. The molecule has 0 atom stereocenters. The summed E-state index contributed by atoms with van der Waals surface area (Å²) in [6.07, 6.45) is 1.70. The summed E-state index contributed by atoms with van der Waals surface area (Å²) in [6.45, 7) is 4.54. The number of imide groups is 1. The number of nitrogens with zero attached hydrogens (tertiary/aromatic N) is 2. The number of carbonyl (C=O) groups excluding carboxylic acids is 2. The Morgan fingerprint density at radius 3 is 2.09 bits per heavy atom. The van der Waals surface area contributed by atoms with E-state index in [1.165, 1.54) is 4.31 Å². The van der Waals surface area contributed by atoms with Crippen molar-refractivity contribution in [2.24, 2.45) is 0 Å². The van der Waals surface area contributed by atoms with Crippen LogP contribution in [0.3, 0.4) is 0 Å². The highest BCUT2D eigenvalue weighted by atomic mass is 32.2. The predicted molar refractivity (Wildman–Crippen MR) is 87.8 cm³/mol. The van der Waals surface area contributed by atoms with E-state index in [1.807, 2.05) is 6.92 Å². The van der Waals surface area contributed by atoms with Gasteiger partial charge in [-0.05, 0) is 18.6 Å². The van der Waals surface area contributed by atoms with E-state index in [-0.39, 0.29) is 12.3 Å². The summed E-state index contributed by atoms with van der Waals surface area (Å²) in [5.74, 6) is -1.08. The average Bonchev–Trinajstić information content (AvgIpc) is 2.78. The van der Waals surface area contributed by atoms with Crippen LogP contribution in [0.25, 0.3) is 0 Å². The second kappa shape index (κ2) is 7.23. The Balaban J connectivity index is 2.06. The van der Waals surface area contributed by atoms with Crippen molar-refractivity contribution in [2.75, 3.05) is 25.4 Å². The average molecular weight is 338 g/mol. The van der Waals surface area contributed by atoms with Gasteiger partial charge in [-0.25, -0.2) is 12.7 Å². The zero-order valence-electron chi connectivity index (χ0n) is 13.5. The van der Waals surface area contributed by atoms with Gasteiger partial charge in [0.15, 0.2) is 0 Å². The van der Waals surface area contributed by atoms with Crippen LogP contribution in [0.2, 0.25) is 0 Å². The first-order chi connectivity index (χ1) is 10.9. The zero-order valence-corrected chi connectivity index (χ0v) is 14.3. The molecule has 23 heavy (non-hydrogen) atoms. The zero-order chi connectivity index (χ0) is 17.0. The van der Waals surface area contributed by atoms with Crippen LogP contribution in [0, 0.1) is 0 Å². The molecule has 1 aromatic carbocycles. The summed E-state index contributed by atoms with van der Waals surface area (Å²) in [6, 6.07) is 6.55. The minimum Gasteiger partial charge on any atom is -0.273 e. The number of sulfonamides is 1. The molecule has 0 N–H and O–H groups in total. The Morgan fingerprint density at radius 2 is 1.61 bits per heavy atom. The van der Waals surface area contributed by atoms with Gasteiger partial charge in [-0.1, -0.05) is 32.4 Å². The van der Waals surface area contributed by atoms with Gasteiger partial charge < -0.3 is 0 Å². The number of fused-ring (bicyclic) bond motifs is 1. The van der Waals surface area contributed by atoms with Crippen molar-refractivity contribution in [1.82, 2.24) is 9.21 Å². The van der Waals surface area contributed by atoms with E-state index in [0.29, 0.717) is 24.2 Å². The molecule has 1 aromatic rings. The Hall–Kier alpha value is -1.73. The minimum atomic E-state index is -3.48. The highest BCUT2D eigenvalue weighted by Gasteiger charge is 2.36. The lowest BCUT2D eigenvalue weighted by Crippen LogP contribution is -2.40. The van der Waals surface area contributed by atoms with Crippen molar-refractivity contribution in [3.63, 3.8) is 0 Å². The van der Waals surface area contributed by atoms with Gasteiger partial charge in [-0.3, -0.25) is 14.5 Å². The standard InChI is InChI=1S/C16H22N2O4S/c1-3-5-10-17(4-2)23(21,22)12-11-18-15(19)13-8-6-7-9-14(13)16(18)20/h6-9H,3-5,10-12H2,1-2H3. The number of hydrogen-bond acceptors (Lipinski definition) is 4. The molecular formula is C16H22N2O4S. The maximum atomic E-state index is 12.4. The largest absolute Gasteiger partial charge is 0.273 e. The molecule has 1 aliphatic rings. The lowest BCUT2D eigenvalue weighted by atomic mass is 10.1. The number of benzene rings is 1. The van der Waals surface area contributed by atoms with E-state index < -0.39 is 21.8 Å². The summed E-state index contributed by atoms with van der Waals surface area (Å²) >= 11 is 0. The number of carbonyl (C=O) groups is 2. The van der Waals surface area contributed by atoms with Crippen LogP contribution in [0.15, 0.2) is 24.3 Å². The topological polar surface area (TPSA) is 74.8 Å². The van der Waals surface area contributed by atoms with Gasteiger partial charge in [0.1, 0.15) is 0 Å². The van der Waals surface area contributed by atoms with Crippen LogP contribution in [0.5, 0.6) is 0 Å². The SMILES string of the molecule is CCCCN(CC)S(=O)(=O)CCN1C(=O)c2ccccc2C1=O. The van der Waals surface area contributed by atoms with Crippen molar-refractivity contribution in [3.05, 3.63) is 35.4 Å². The molecule has 0 fully saturated rings. The van der Waals surface area contributed by atoms with Crippen molar-refractivity contribution < 1.29 is 18.0 Å². The first-order valence-corrected chi connectivity index (χ1v) is 9.46. The predicted octanol–water partition coefficient (Wildman–Crippen LogP) is 1.73. The number of amides is 2. The smallest absolute Gasteiger partial charge is 0.261 e. The van der Waals surface area contributed by atoms with E-state index in [4.69, 9.17) is 0 Å². The van der Waals surface area contributed by atoms with Crippen molar-refractivity contribution in [2.45, 2.75) is 26.7 Å². The van der Waals surface area contributed by atoms with E-state index >= 15 is 0 Å². The third-order valence-corrected chi connectivity index (χ3v) is 5.88. The van der Waals surface area contributed by atoms with Gasteiger partial charge in [0.2, 0.25) is 10.0 Å². The third kappa shape index (κ3) is 3.61. The maximum absolute atomic E-state index is 12.4. The molecule has 0 saturated heterocycles. The normalized spacial score (nSPS) is 14.7. The Morgan fingerprint density at radius 1 is 1.04 bits per heavy atom. The van der Waals surface area contributed by atoms with Crippen molar-refractivity contribution in [1.29, 1.82) is 0 Å². The molecule has 0 saturated carbocycles. The molecule has 2 rings (SSSR count). The minimum absolute atomic E-state index is 0.114. The molecule has 7 heteroatoms. The highest BCUT2D eigenvalue weighted by molar-refractivity contribution is 7.89. The van der Waals surface area contributed by atoms with E-state index in [0.717, 1.165) is 17.7 Å². The molecule has 0 bridgehead atoms. The first kappa shape index (κ1) is 17.6. The summed E-state index contributed by atoms with van der Waals surface area (Å²) in [5.41, 5.74) is 0.682. The van der Waals surface area contributed by atoms with E-state index in [1.54, 1.807) is 31.2 Å². The van der Waals surface area contributed by atoms with E-state index in [9.17, 15) is 18.0 Å². The molecule has 0 aliphatic carbocycles. The van der Waals surface area contributed by atoms with Crippen LogP contribution < -0.4 is 0 Å². The monoisotopic (exact) mass is 338 g/mol. The second-order valence-electron chi connectivity index (χ2n) is 5.47. The molecule has 0 radical (unpaired) electrons. The van der Waals surface area contributed by atoms with Crippen molar-refractivity contribution >= 4 is 21.8 Å². The summed E-state index contributed by atoms with van der Waals surface area (Å²) in [4.78, 5) is 25.5. The molecule has 0 aromatic heterocycles. The van der Waals surface area contributed by atoms with Crippen LogP contribution in [0.1, 0.15) is 47.4 Å². The Kier molecular flexibility index (Phi) is 5.54.